The predicted octanol–water partition coefficient (Wildman–Crippen LogP) is 7.39. The van der Waals surface area contributed by atoms with Gasteiger partial charge in [-0.1, -0.05) is 0 Å². The maximum atomic E-state index is 14.9. The number of anilines is 1. The zero-order valence-corrected chi connectivity index (χ0v) is 18.7. The predicted molar refractivity (Wildman–Crippen MR) is 109 cm³/mol. The number of hydrogen-bond acceptors (Lipinski definition) is 4. The summed E-state index contributed by atoms with van der Waals surface area (Å²) in [5.74, 6) is -7.37. The summed E-state index contributed by atoms with van der Waals surface area (Å²) < 4.78 is 114. The standard InChI is InChI=1S/C21H11BrF8N2O3/c1-9-8-31-16(22)7-13(9)32-19(33)17-15(5-3-11(18(17)24)20(25,26)27)34-10-2-4-14(12(23)6-10)35-21(28,29)30/h2-8H,1H3,(H,31,32,33). The Hall–Kier alpha value is -3.42. The van der Waals surface area contributed by atoms with Gasteiger partial charge < -0.3 is 14.8 Å². The Morgan fingerprint density at radius 3 is 2.26 bits per heavy atom. The molecule has 3 aromatic rings. The van der Waals surface area contributed by atoms with Gasteiger partial charge in [-0.25, -0.2) is 13.8 Å². The van der Waals surface area contributed by atoms with E-state index in [9.17, 15) is 39.9 Å². The zero-order chi connectivity index (χ0) is 26.1. The Morgan fingerprint density at radius 1 is 1.00 bits per heavy atom. The first-order chi connectivity index (χ1) is 16.2. The van der Waals surface area contributed by atoms with E-state index in [0.717, 1.165) is 6.07 Å². The first kappa shape index (κ1) is 26.2. The first-order valence-electron chi connectivity index (χ1n) is 9.22. The summed E-state index contributed by atoms with van der Waals surface area (Å²) in [5, 5.41) is 2.24. The quantitative estimate of drug-likeness (QED) is 0.256. The van der Waals surface area contributed by atoms with Crippen LogP contribution in [0.5, 0.6) is 17.2 Å². The second-order valence-electron chi connectivity index (χ2n) is 6.82. The molecule has 0 aliphatic rings. The maximum absolute atomic E-state index is 14.9. The number of aryl methyl sites for hydroxylation is 1. The van der Waals surface area contributed by atoms with E-state index in [0.29, 0.717) is 29.8 Å². The van der Waals surface area contributed by atoms with Crippen LogP contribution in [-0.2, 0) is 6.18 Å². The number of nitrogens with one attached hydrogen (secondary N) is 1. The van der Waals surface area contributed by atoms with Gasteiger partial charge >= 0.3 is 12.5 Å². The summed E-state index contributed by atoms with van der Waals surface area (Å²) in [7, 11) is 0. The smallest absolute Gasteiger partial charge is 0.456 e. The Morgan fingerprint density at radius 2 is 1.66 bits per heavy atom. The van der Waals surface area contributed by atoms with Crippen molar-refractivity contribution in [2.75, 3.05) is 5.32 Å². The van der Waals surface area contributed by atoms with E-state index >= 15 is 0 Å². The number of nitrogens with zero attached hydrogens (tertiary/aromatic N) is 1. The highest BCUT2D eigenvalue weighted by Crippen LogP contribution is 2.38. The lowest BCUT2D eigenvalue weighted by Crippen LogP contribution is -2.19. The number of carbonyl (C=O) groups is 1. The molecule has 0 fully saturated rings. The molecule has 1 aromatic heterocycles. The molecule has 1 amide bonds. The highest BCUT2D eigenvalue weighted by molar-refractivity contribution is 9.10. The molecule has 0 aliphatic carbocycles. The van der Waals surface area contributed by atoms with Gasteiger partial charge in [-0.15, -0.1) is 13.2 Å². The van der Waals surface area contributed by atoms with Gasteiger partial charge in [0.25, 0.3) is 5.91 Å². The Kier molecular flexibility index (Phi) is 7.24. The number of alkyl halides is 6. The highest BCUT2D eigenvalue weighted by atomic mass is 79.9. The van der Waals surface area contributed by atoms with Crippen molar-refractivity contribution in [2.24, 2.45) is 0 Å². The molecule has 0 unspecified atom stereocenters. The Labute approximate surface area is 199 Å². The molecule has 186 valence electrons. The number of carbonyl (C=O) groups excluding carboxylic acids is 1. The van der Waals surface area contributed by atoms with Gasteiger partial charge in [-0.2, -0.15) is 13.2 Å². The van der Waals surface area contributed by atoms with E-state index in [2.05, 4.69) is 31.0 Å². The third kappa shape index (κ3) is 6.38. The number of rotatable bonds is 5. The lowest BCUT2D eigenvalue weighted by molar-refractivity contribution is -0.275. The van der Waals surface area contributed by atoms with Gasteiger partial charge in [0.05, 0.1) is 5.56 Å². The van der Waals surface area contributed by atoms with Crippen molar-refractivity contribution >= 4 is 27.5 Å². The number of aromatic nitrogens is 1. The minimum absolute atomic E-state index is 0.0827. The van der Waals surface area contributed by atoms with Crippen molar-refractivity contribution in [2.45, 2.75) is 19.5 Å². The normalized spacial score (nSPS) is 11.8. The zero-order valence-electron chi connectivity index (χ0n) is 17.1. The summed E-state index contributed by atoms with van der Waals surface area (Å²) in [5.41, 5.74) is -2.48. The van der Waals surface area contributed by atoms with Crippen molar-refractivity contribution in [3.8, 4) is 17.2 Å². The minimum Gasteiger partial charge on any atom is -0.456 e. The molecule has 0 saturated heterocycles. The van der Waals surface area contributed by atoms with Crippen LogP contribution in [0.2, 0.25) is 0 Å². The molecule has 0 bridgehead atoms. The fourth-order valence-electron chi connectivity index (χ4n) is 2.77. The molecule has 1 N–H and O–H groups in total. The molecule has 2 aromatic carbocycles. The van der Waals surface area contributed by atoms with Gasteiger partial charge in [0.2, 0.25) is 0 Å². The highest BCUT2D eigenvalue weighted by Gasteiger charge is 2.38. The lowest BCUT2D eigenvalue weighted by Gasteiger charge is -2.17. The van der Waals surface area contributed by atoms with Crippen LogP contribution in [0.1, 0.15) is 21.5 Å². The number of benzene rings is 2. The molecule has 35 heavy (non-hydrogen) atoms. The van der Waals surface area contributed by atoms with E-state index in [-0.39, 0.29) is 10.3 Å². The fraction of sp³-hybridized carbons (Fsp3) is 0.143. The van der Waals surface area contributed by atoms with E-state index in [1.165, 1.54) is 19.2 Å². The third-order valence-corrected chi connectivity index (χ3v) is 4.74. The molecule has 0 aliphatic heterocycles. The SMILES string of the molecule is Cc1cnc(Br)cc1NC(=O)c1c(Oc2ccc(OC(F)(F)F)c(F)c2)ccc(C(F)(F)F)c1F. The molecule has 0 radical (unpaired) electrons. The summed E-state index contributed by atoms with van der Waals surface area (Å²) in [6.45, 7) is 1.52. The van der Waals surface area contributed by atoms with Gasteiger partial charge in [0.1, 0.15) is 21.7 Å². The number of hydrogen-bond donors (Lipinski definition) is 1. The summed E-state index contributed by atoms with van der Waals surface area (Å²) in [6.07, 6.45) is -9.03. The van der Waals surface area contributed by atoms with E-state index < -0.39 is 58.5 Å². The van der Waals surface area contributed by atoms with Crippen LogP contribution in [0.3, 0.4) is 0 Å². The molecule has 5 nitrogen and oxygen atoms in total. The van der Waals surface area contributed by atoms with E-state index in [4.69, 9.17) is 4.74 Å². The van der Waals surface area contributed by atoms with Crippen molar-refractivity contribution in [1.82, 2.24) is 4.98 Å². The average molecular weight is 571 g/mol. The summed E-state index contributed by atoms with van der Waals surface area (Å²) in [4.78, 5) is 16.7. The molecule has 3 rings (SSSR count). The number of pyridine rings is 1. The second-order valence-corrected chi connectivity index (χ2v) is 7.63. The molecule has 0 atom stereocenters. The van der Waals surface area contributed by atoms with Crippen LogP contribution in [0.4, 0.5) is 40.8 Å². The number of amides is 1. The van der Waals surface area contributed by atoms with Gasteiger partial charge in [-0.3, -0.25) is 4.79 Å². The van der Waals surface area contributed by atoms with Crippen LogP contribution >= 0.6 is 15.9 Å². The molecular formula is C21H11BrF8N2O3. The van der Waals surface area contributed by atoms with Crippen molar-refractivity contribution in [3.63, 3.8) is 0 Å². The van der Waals surface area contributed by atoms with Crippen LogP contribution in [0.15, 0.2) is 47.2 Å². The fourth-order valence-corrected chi connectivity index (χ4v) is 3.10. The van der Waals surface area contributed by atoms with Gasteiger partial charge in [0, 0.05) is 18.0 Å². The lowest BCUT2D eigenvalue weighted by atomic mass is 10.1. The van der Waals surface area contributed by atoms with Crippen molar-refractivity contribution in [3.05, 3.63) is 75.5 Å². The minimum atomic E-state index is -5.19. The first-order valence-corrected chi connectivity index (χ1v) is 10.0. The average Bonchev–Trinajstić information content (AvgIpc) is 2.71. The van der Waals surface area contributed by atoms with Crippen LogP contribution in [0.25, 0.3) is 0 Å². The van der Waals surface area contributed by atoms with Gasteiger partial charge in [0.15, 0.2) is 17.4 Å². The summed E-state index contributed by atoms with van der Waals surface area (Å²) in [6, 6.07) is 3.97. The third-order valence-electron chi connectivity index (χ3n) is 4.31. The second kappa shape index (κ2) is 9.68. The van der Waals surface area contributed by atoms with Crippen molar-refractivity contribution < 1.29 is 49.4 Å². The van der Waals surface area contributed by atoms with Crippen LogP contribution in [0, 0.1) is 18.6 Å². The van der Waals surface area contributed by atoms with Crippen molar-refractivity contribution in [1.29, 1.82) is 0 Å². The Balaban J connectivity index is 2.03. The topological polar surface area (TPSA) is 60.5 Å². The van der Waals surface area contributed by atoms with E-state index in [1.807, 2.05) is 0 Å². The Bertz CT molecular complexity index is 1280. The largest absolute Gasteiger partial charge is 0.573 e. The van der Waals surface area contributed by atoms with E-state index in [1.54, 1.807) is 0 Å². The summed E-state index contributed by atoms with van der Waals surface area (Å²) >= 11 is 3.06. The molecule has 1 heterocycles. The molecule has 0 saturated carbocycles. The number of ether oxygens (including phenoxy) is 2. The van der Waals surface area contributed by atoms with Gasteiger partial charge in [-0.05, 0) is 58.7 Å². The molecular weight excluding hydrogens is 560 g/mol. The van der Waals surface area contributed by atoms with Crippen LogP contribution in [-0.4, -0.2) is 17.3 Å². The maximum Gasteiger partial charge on any atom is 0.573 e. The monoisotopic (exact) mass is 570 g/mol. The molecule has 0 spiro atoms. The van der Waals surface area contributed by atoms with Crippen LogP contribution < -0.4 is 14.8 Å². The number of halogens is 9. The molecule has 14 heteroatoms.